The summed E-state index contributed by atoms with van der Waals surface area (Å²) in [6.07, 6.45) is 2.93. The molecule has 1 aromatic heterocycles. The minimum Gasteiger partial charge on any atom is -0.465 e. The number of alkyl carbamates (subject to hydrolysis) is 1. The van der Waals surface area contributed by atoms with Gasteiger partial charge < -0.3 is 20.1 Å². The van der Waals surface area contributed by atoms with Gasteiger partial charge in [0.25, 0.3) is 0 Å². The van der Waals surface area contributed by atoms with Crippen LogP contribution in [0.3, 0.4) is 0 Å². The molecule has 1 fully saturated rings. The van der Waals surface area contributed by atoms with Crippen molar-refractivity contribution in [2.45, 2.75) is 51.8 Å². The Bertz CT molecular complexity index is 578. The van der Waals surface area contributed by atoms with Gasteiger partial charge in [0.2, 0.25) is 0 Å². The number of nitrogens with one attached hydrogen (secondary N) is 1. The van der Waals surface area contributed by atoms with Crippen molar-refractivity contribution in [2.24, 2.45) is 0 Å². The van der Waals surface area contributed by atoms with Crippen molar-refractivity contribution in [3.05, 3.63) is 18.0 Å². The van der Waals surface area contributed by atoms with Crippen LogP contribution >= 0.6 is 0 Å². The highest BCUT2D eigenvalue weighted by molar-refractivity contribution is 5.69. The van der Waals surface area contributed by atoms with Crippen molar-refractivity contribution < 1.29 is 19.4 Å². The number of likely N-dealkylation sites (tertiary alicyclic amines) is 1. The van der Waals surface area contributed by atoms with E-state index in [-0.39, 0.29) is 25.2 Å². The van der Waals surface area contributed by atoms with E-state index >= 15 is 0 Å². The first-order chi connectivity index (χ1) is 10.7. The maximum absolute atomic E-state index is 12.0. The zero-order valence-corrected chi connectivity index (χ0v) is 13.9. The quantitative estimate of drug-likeness (QED) is 0.885. The van der Waals surface area contributed by atoms with Gasteiger partial charge in [-0.25, -0.2) is 9.59 Å². The van der Waals surface area contributed by atoms with Crippen LogP contribution in [-0.4, -0.2) is 56.7 Å². The van der Waals surface area contributed by atoms with E-state index in [1.54, 1.807) is 31.6 Å². The number of hydrogen-bond donors (Lipinski definition) is 2. The molecule has 0 radical (unpaired) electrons. The molecule has 1 saturated heterocycles. The first-order valence-corrected chi connectivity index (χ1v) is 7.70. The summed E-state index contributed by atoms with van der Waals surface area (Å²) in [5.41, 5.74) is 0.459. The Balaban J connectivity index is 2.13. The SMILES string of the molecule is CCc1cnn([C@@H]2CN(C(=O)O)C[C@H]2NC(=O)OC(C)(C)C)c1. The van der Waals surface area contributed by atoms with Gasteiger partial charge in [0.1, 0.15) is 5.60 Å². The highest BCUT2D eigenvalue weighted by atomic mass is 16.6. The van der Waals surface area contributed by atoms with Crippen LogP contribution < -0.4 is 5.32 Å². The first kappa shape index (κ1) is 17.1. The zero-order chi connectivity index (χ0) is 17.2. The number of hydrogen-bond acceptors (Lipinski definition) is 4. The Labute approximate surface area is 135 Å². The molecular formula is C15H24N4O4. The van der Waals surface area contributed by atoms with E-state index in [9.17, 15) is 14.7 Å². The molecule has 8 nitrogen and oxygen atoms in total. The molecule has 0 bridgehead atoms. The Morgan fingerprint density at radius 1 is 1.43 bits per heavy atom. The second-order valence-corrected chi connectivity index (χ2v) is 6.69. The van der Waals surface area contributed by atoms with Crippen molar-refractivity contribution in [2.75, 3.05) is 13.1 Å². The number of carbonyl (C=O) groups excluding carboxylic acids is 1. The third kappa shape index (κ3) is 4.37. The first-order valence-electron chi connectivity index (χ1n) is 7.70. The van der Waals surface area contributed by atoms with Crippen LogP contribution in [0.4, 0.5) is 9.59 Å². The monoisotopic (exact) mass is 324 g/mol. The van der Waals surface area contributed by atoms with Gasteiger partial charge in [0.05, 0.1) is 18.3 Å². The Morgan fingerprint density at radius 3 is 2.65 bits per heavy atom. The van der Waals surface area contributed by atoms with Crippen LogP contribution in [0, 0.1) is 0 Å². The summed E-state index contributed by atoms with van der Waals surface area (Å²) in [6, 6.07) is -0.635. The third-order valence-electron chi connectivity index (χ3n) is 3.66. The summed E-state index contributed by atoms with van der Waals surface area (Å²) in [7, 11) is 0. The average Bonchev–Trinajstić information content (AvgIpc) is 3.02. The summed E-state index contributed by atoms with van der Waals surface area (Å²) in [6.45, 7) is 7.85. The minimum absolute atomic E-state index is 0.209. The molecule has 2 atom stereocenters. The lowest BCUT2D eigenvalue weighted by atomic mass is 10.1. The summed E-state index contributed by atoms with van der Waals surface area (Å²) in [5, 5.41) is 16.3. The minimum atomic E-state index is -1.01. The fourth-order valence-corrected chi connectivity index (χ4v) is 2.55. The van der Waals surface area contributed by atoms with Gasteiger partial charge in [-0.05, 0) is 32.8 Å². The number of carboxylic acid groups (broad SMARTS) is 1. The fourth-order valence-electron chi connectivity index (χ4n) is 2.55. The summed E-state index contributed by atoms with van der Waals surface area (Å²) < 4.78 is 6.99. The standard InChI is InChI=1S/C15H24N4O4/c1-5-10-6-16-19(7-10)12-9-18(14(21)22)8-11(12)17-13(20)23-15(2,3)4/h6-7,11-12H,5,8-9H2,1-4H3,(H,17,20)(H,21,22)/t11-,12-/m1/s1. The molecule has 23 heavy (non-hydrogen) atoms. The van der Waals surface area contributed by atoms with Crippen molar-refractivity contribution in [1.82, 2.24) is 20.0 Å². The second-order valence-electron chi connectivity index (χ2n) is 6.69. The Hall–Kier alpha value is -2.25. The van der Waals surface area contributed by atoms with Gasteiger partial charge in [-0.15, -0.1) is 0 Å². The van der Waals surface area contributed by atoms with E-state index in [0.29, 0.717) is 0 Å². The molecule has 0 aliphatic carbocycles. The van der Waals surface area contributed by atoms with Gasteiger partial charge >= 0.3 is 12.2 Å². The molecule has 1 aromatic rings. The van der Waals surface area contributed by atoms with Crippen molar-refractivity contribution in [3.8, 4) is 0 Å². The number of nitrogens with zero attached hydrogens (tertiary/aromatic N) is 3. The summed E-state index contributed by atoms with van der Waals surface area (Å²) in [4.78, 5) is 24.5. The normalized spacial score (nSPS) is 21.3. The van der Waals surface area contributed by atoms with Crippen LogP contribution in [0.1, 0.15) is 39.3 Å². The van der Waals surface area contributed by atoms with Crippen molar-refractivity contribution in [1.29, 1.82) is 0 Å². The van der Waals surface area contributed by atoms with Crippen LogP contribution in [0.5, 0.6) is 0 Å². The van der Waals surface area contributed by atoms with Gasteiger partial charge in [0, 0.05) is 19.3 Å². The number of aryl methyl sites for hydroxylation is 1. The molecular weight excluding hydrogens is 300 g/mol. The molecule has 2 amide bonds. The number of ether oxygens (including phenoxy) is 1. The molecule has 0 saturated carbocycles. The van der Waals surface area contributed by atoms with E-state index in [2.05, 4.69) is 10.4 Å². The lowest BCUT2D eigenvalue weighted by Gasteiger charge is -2.24. The number of rotatable bonds is 3. The number of aromatic nitrogens is 2. The van der Waals surface area contributed by atoms with Crippen LogP contribution in [0.15, 0.2) is 12.4 Å². The van der Waals surface area contributed by atoms with E-state index in [1.807, 2.05) is 13.1 Å². The van der Waals surface area contributed by atoms with Crippen molar-refractivity contribution in [3.63, 3.8) is 0 Å². The predicted octanol–water partition coefficient (Wildman–Crippen LogP) is 1.87. The number of amides is 2. The maximum Gasteiger partial charge on any atom is 0.408 e. The Kier molecular flexibility index (Phi) is 4.82. The third-order valence-corrected chi connectivity index (χ3v) is 3.66. The van der Waals surface area contributed by atoms with Crippen LogP contribution in [0.2, 0.25) is 0 Å². The van der Waals surface area contributed by atoms with Crippen molar-refractivity contribution >= 4 is 12.2 Å². The largest absolute Gasteiger partial charge is 0.465 e. The van der Waals surface area contributed by atoms with Crippen LogP contribution in [-0.2, 0) is 11.2 Å². The topological polar surface area (TPSA) is 96.7 Å². The van der Waals surface area contributed by atoms with E-state index < -0.39 is 17.8 Å². The molecule has 2 rings (SSSR count). The molecule has 1 aliphatic heterocycles. The predicted molar refractivity (Wildman–Crippen MR) is 83.4 cm³/mol. The highest BCUT2D eigenvalue weighted by Crippen LogP contribution is 2.23. The summed E-state index contributed by atoms with van der Waals surface area (Å²) in [5.74, 6) is 0. The molecule has 128 valence electrons. The summed E-state index contributed by atoms with van der Waals surface area (Å²) >= 11 is 0. The lowest BCUT2D eigenvalue weighted by Crippen LogP contribution is -2.44. The molecule has 1 aliphatic rings. The zero-order valence-electron chi connectivity index (χ0n) is 13.9. The lowest BCUT2D eigenvalue weighted by molar-refractivity contribution is 0.0495. The number of carbonyl (C=O) groups is 2. The molecule has 2 heterocycles. The van der Waals surface area contributed by atoms with Crippen LogP contribution in [0.25, 0.3) is 0 Å². The van der Waals surface area contributed by atoms with E-state index in [1.165, 1.54) is 4.90 Å². The molecule has 0 unspecified atom stereocenters. The van der Waals surface area contributed by atoms with Gasteiger partial charge in [-0.1, -0.05) is 6.92 Å². The van der Waals surface area contributed by atoms with Gasteiger partial charge in [-0.2, -0.15) is 5.10 Å². The smallest absolute Gasteiger partial charge is 0.408 e. The fraction of sp³-hybridized carbons (Fsp3) is 0.667. The molecule has 2 N–H and O–H groups in total. The molecule has 0 spiro atoms. The second kappa shape index (κ2) is 6.47. The highest BCUT2D eigenvalue weighted by Gasteiger charge is 2.38. The van der Waals surface area contributed by atoms with Gasteiger partial charge in [-0.3, -0.25) is 4.68 Å². The maximum atomic E-state index is 12.0. The van der Waals surface area contributed by atoms with E-state index in [0.717, 1.165) is 12.0 Å². The molecule has 8 heteroatoms. The van der Waals surface area contributed by atoms with Gasteiger partial charge in [0.15, 0.2) is 0 Å². The molecule has 0 aromatic carbocycles. The van der Waals surface area contributed by atoms with E-state index in [4.69, 9.17) is 4.74 Å². The average molecular weight is 324 g/mol. The Morgan fingerprint density at radius 2 is 2.13 bits per heavy atom.